The van der Waals surface area contributed by atoms with Crippen molar-refractivity contribution in [2.75, 3.05) is 6.26 Å². The molecule has 108 valence electrons. The molecule has 0 aliphatic heterocycles. The van der Waals surface area contributed by atoms with Gasteiger partial charge in [-0.25, -0.2) is 9.97 Å². The molecule has 20 heavy (non-hydrogen) atoms. The molecule has 0 N–H and O–H groups in total. The van der Waals surface area contributed by atoms with Crippen molar-refractivity contribution in [2.45, 2.75) is 42.9 Å². The van der Waals surface area contributed by atoms with Crippen molar-refractivity contribution in [1.29, 1.82) is 0 Å². The van der Waals surface area contributed by atoms with E-state index < -0.39 is 0 Å². The molecule has 1 saturated carbocycles. The van der Waals surface area contributed by atoms with E-state index in [0.29, 0.717) is 6.04 Å². The fourth-order valence-electron chi connectivity index (χ4n) is 2.98. The van der Waals surface area contributed by atoms with E-state index in [1.807, 2.05) is 30.9 Å². The van der Waals surface area contributed by atoms with Gasteiger partial charge >= 0.3 is 0 Å². The first-order chi connectivity index (χ1) is 9.60. The van der Waals surface area contributed by atoms with Crippen LogP contribution < -0.4 is 0 Å². The summed E-state index contributed by atoms with van der Waals surface area (Å²) in [4.78, 5) is 9.27. The molecule has 1 aliphatic carbocycles. The Morgan fingerprint density at radius 1 is 1.50 bits per heavy atom. The van der Waals surface area contributed by atoms with Crippen molar-refractivity contribution in [2.24, 2.45) is 0 Å². The summed E-state index contributed by atoms with van der Waals surface area (Å²) in [6, 6.07) is 2.49. The molecule has 3 nitrogen and oxygen atoms in total. The topological polar surface area (TPSA) is 30.7 Å². The SMILES string of the molecule is CSC1CCC(n2c(C(C)Cl)nc3cc(Br)cnc32)C1. The van der Waals surface area contributed by atoms with Gasteiger partial charge in [0.1, 0.15) is 11.3 Å². The number of hydrogen-bond acceptors (Lipinski definition) is 3. The molecule has 6 heteroatoms. The van der Waals surface area contributed by atoms with Gasteiger partial charge in [0, 0.05) is 22.0 Å². The smallest absolute Gasteiger partial charge is 0.160 e. The molecule has 0 saturated heterocycles. The van der Waals surface area contributed by atoms with Crippen molar-refractivity contribution in [3.05, 3.63) is 22.6 Å². The number of fused-ring (bicyclic) bond motifs is 1. The van der Waals surface area contributed by atoms with Crippen molar-refractivity contribution < 1.29 is 0 Å². The average Bonchev–Trinajstić information content (AvgIpc) is 3.00. The monoisotopic (exact) mass is 373 g/mol. The summed E-state index contributed by atoms with van der Waals surface area (Å²) in [7, 11) is 0. The molecule has 3 rings (SSSR count). The minimum Gasteiger partial charge on any atom is -0.308 e. The number of alkyl halides is 1. The average molecular weight is 375 g/mol. The Hall–Kier alpha value is -0.260. The summed E-state index contributed by atoms with van der Waals surface area (Å²) in [5.41, 5.74) is 1.89. The van der Waals surface area contributed by atoms with Gasteiger partial charge in [-0.1, -0.05) is 0 Å². The van der Waals surface area contributed by atoms with E-state index in [9.17, 15) is 0 Å². The number of aromatic nitrogens is 3. The molecule has 0 radical (unpaired) electrons. The number of pyridine rings is 1. The van der Waals surface area contributed by atoms with Crippen LogP contribution in [0, 0.1) is 0 Å². The van der Waals surface area contributed by atoms with Gasteiger partial charge in [0.05, 0.1) is 5.38 Å². The second-order valence-corrected chi connectivity index (χ2v) is 7.99. The highest BCUT2D eigenvalue weighted by Crippen LogP contribution is 2.39. The van der Waals surface area contributed by atoms with Gasteiger partial charge in [0.2, 0.25) is 0 Å². The lowest BCUT2D eigenvalue weighted by Crippen LogP contribution is -2.11. The summed E-state index contributed by atoms with van der Waals surface area (Å²) in [5, 5.41) is 0.641. The molecular weight excluding hydrogens is 358 g/mol. The lowest BCUT2D eigenvalue weighted by molar-refractivity contribution is 0.508. The molecule has 3 atom stereocenters. The van der Waals surface area contributed by atoms with Crippen LogP contribution in [0.3, 0.4) is 0 Å². The van der Waals surface area contributed by atoms with E-state index in [-0.39, 0.29) is 5.38 Å². The predicted octanol–water partition coefficient (Wildman–Crippen LogP) is 4.95. The van der Waals surface area contributed by atoms with Crippen molar-refractivity contribution in [3.8, 4) is 0 Å². The van der Waals surface area contributed by atoms with Crippen LogP contribution in [-0.2, 0) is 0 Å². The summed E-state index contributed by atoms with van der Waals surface area (Å²) in [5.74, 6) is 0.944. The third-order valence-electron chi connectivity index (χ3n) is 3.93. The summed E-state index contributed by atoms with van der Waals surface area (Å²) >= 11 is 11.8. The Morgan fingerprint density at radius 3 is 2.95 bits per heavy atom. The lowest BCUT2D eigenvalue weighted by Gasteiger charge is -2.17. The second-order valence-electron chi connectivity index (χ2n) is 5.28. The number of rotatable bonds is 3. The molecule has 3 unspecified atom stereocenters. The van der Waals surface area contributed by atoms with Crippen molar-refractivity contribution in [1.82, 2.24) is 14.5 Å². The Bertz CT molecular complexity index is 628. The van der Waals surface area contributed by atoms with Crippen LogP contribution in [0.5, 0.6) is 0 Å². The lowest BCUT2D eigenvalue weighted by atomic mass is 10.2. The third-order valence-corrected chi connectivity index (χ3v) is 5.66. The fourth-order valence-corrected chi connectivity index (χ4v) is 4.24. The zero-order valence-corrected chi connectivity index (χ0v) is 14.7. The maximum atomic E-state index is 6.34. The standard InChI is InChI=1S/C14H17BrClN3S/c1-8(16)13-18-12-5-9(15)7-17-14(12)19(13)10-3-4-11(6-10)20-2/h5,7-8,10-11H,3-4,6H2,1-2H3. The summed E-state index contributed by atoms with van der Waals surface area (Å²) in [6.07, 6.45) is 7.66. The number of nitrogens with zero attached hydrogens (tertiary/aromatic N) is 3. The van der Waals surface area contributed by atoms with Gasteiger partial charge in [-0.3, -0.25) is 0 Å². The normalized spacial score (nSPS) is 24.4. The van der Waals surface area contributed by atoms with E-state index in [1.54, 1.807) is 0 Å². The molecule has 0 amide bonds. The van der Waals surface area contributed by atoms with E-state index in [4.69, 9.17) is 16.6 Å². The molecule has 1 aliphatic rings. The Balaban J connectivity index is 2.10. The minimum atomic E-state index is -0.101. The zero-order chi connectivity index (χ0) is 14.3. The molecule has 0 aromatic carbocycles. The Kier molecular flexibility index (Phi) is 4.29. The minimum absolute atomic E-state index is 0.101. The molecule has 1 fully saturated rings. The van der Waals surface area contributed by atoms with Gasteiger partial charge in [0.25, 0.3) is 0 Å². The van der Waals surface area contributed by atoms with Crippen molar-refractivity contribution in [3.63, 3.8) is 0 Å². The number of halogens is 2. The van der Waals surface area contributed by atoms with Crippen LogP contribution in [-0.4, -0.2) is 26.0 Å². The number of imidazole rings is 1. The Morgan fingerprint density at radius 2 is 2.30 bits per heavy atom. The summed E-state index contributed by atoms with van der Waals surface area (Å²) < 4.78 is 3.23. The molecule has 0 spiro atoms. The van der Waals surface area contributed by atoms with Gasteiger partial charge in [-0.2, -0.15) is 11.8 Å². The first kappa shape index (κ1) is 14.7. The third kappa shape index (κ3) is 2.60. The van der Waals surface area contributed by atoms with Crippen LogP contribution in [0.25, 0.3) is 11.2 Å². The molecule has 2 aromatic rings. The fraction of sp³-hybridized carbons (Fsp3) is 0.571. The number of thioether (sulfide) groups is 1. The van der Waals surface area contributed by atoms with Gasteiger partial charge in [-0.15, -0.1) is 11.6 Å². The quantitative estimate of drug-likeness (QED) is 0.712. The maximum absolute atomic E-state index is 6.34. The second kappa shape index (κ2) is 5.85. The molecule has 2 aromatic heterocycles. The van der Waals surface area contributed by atoms with E-state index in [1.165, 1.54) is 19.3 Å². The maximum Gasteiger partial charge on any atom is 0.160 e. The van der Waals surface area contributed by atoms with Crippen LogP contribution in [0.2, 0.25) is 0 Å². The van der Waals surface area contributed by atoms with Gasteiger partial charge in [0.15, 0.2) is 5.65 Å². The van der Waals surface area contributed by atoms with Crippen molar-refractivity contribution >= 4 is 50.5 Å². The van der Waals surface area contributed by atoms with Crippen LogP contribution in [0.15, 0.2) is 16.7 Å². The highest BCUT2D eigenvalue weighted by Gasteiger charge is 2.29. The largest absolute Gasteiger partial charge is 0.308 e. The van der Waals surface area contributed by atoms with Gasteiger partial charge in [-0.05, 0) is 54.4 Å². The first-order valence-corrected chi connectivity index (χ1v) is 9.32. The zero-order valence-electron chi connectivity index (χ0n) is 11.5. The first-order valence-electron chi connectivity index (χ1n) is 6.80. The van der Waals surface area contributed by atoms with Gasteiger partial charge < -0.3 is 4.57 Å². The summed E-state index contributed by atoms with van der Waals surface area (Å²) in [6.45, 7) is 1.98. The van der Waals surface area contributed by atoms with Crippen LogP contribution in [0.4, 0.5) is 0 Å². The van der Waals surface area contributed by atoms with Crippen LogP contribution in [0.1, 0.15) is 43.4 Å². The van der Waals surface area contributed by atoms with E-state index in [0.717, 1.165) is 26.7 Å². The molecule has 2 heterocycles. The van der Waals surface area contributed by atoms with E-state index in [2.05, 4.69) is 31.7 Å². The highest BCUT2D eigenvalue weighted by molar-refractivity contribution is 9.10. The molecule has 0 bridgehead atoms. The molecular formula is C14H17BrClN3S. The van der Waals surface area contributed by atoms with Crippen LogP contribution >= 0.6 is 39.3 Å². The highest BCUT2D eigenvalue weighted by atomic mass is 79.9. The van der Waals surface area contributed by atoms with E-state index >= 15 is 0 Å². The number of hydrogen-bond donors (Lipinski definition) is 0. The predicted molar refractivity (Wildman–Crippen MR) is 89.7 cm³/mol. The Labute approximate surface area is 136 Å².